The van der Waals surface area contributed by atoms with Gasteiger partial charge in [0.15, 0.2) is 0 Å². The molecule has 18 heavy (non-hydrogen) atoms. The highest BCUT2D eigenvalue weighted by atomic mass is 16.5. The molecule has 0 unspecified atom stereocenters. The number of aryl methyl sites for hydroxylation is 1. The molecule has 0 atom stereocenters. The first-order valence-electron chi connectivity index (χ1n) is 6.76. The van der Waals surface area contributed by atoms with E-state index in [1.807, 2.05) is 0 Å². The minimum atomic E-state index is 0.467. The van der Waals surface area contributed by atoms with Crippen LogP contribution < -0.4 is 10.2 Å². The normalized spacial score (nSPS) is 22.4. The molecule has 0 aliphatic heterocycles. The lowest BCUT2D eigenvalue weighted by Gasteiger charge is -2.36. The molecular formula is C15H24N2O. The largest absolute Gasteiger partial charge is 0.382 e. The zero-order valence-electron chi connectivity index (χ0n) is 11.9. The molecule has 1 saturated carbocycles. The molecule has 1 aromatic rings. The van der Waals surface area contributed by atoms with E-state index in [0.717, 1.165) is 19.4 Å². The summed E-state index contributed by atoms with van der Waals surface area (Å²) in [4.78, 5) is 2.13. The summed E-state index contributed by atoms with van der Waals surface area (Å²) >= 11 is 0. The number of nitrogens with zero attached hydrogens (tertiary/aromatic N) is 1. The third-order valence-electron chi connectivity index (χ3n) is 3.58. The van der Waals surface area contributed by atoms with Gasteiger partial charge in [0.1, 0.15) is 0 Å². The van der Waals surface area contributed by atoms with Gasteiger partial charge in [-0.15, -0.1) is 0 Å². The predicted octanol–water partition coefficient (Wildman–Crippen LogP) is 3.04. The quantitative estimate of drug-likeness (QED) is 0.867. The molecule has 0 heterocycles. The van der Waals surface area contributed by atoms with Gasteiger partial charge in [0.25, 0.3) is 0 Å². The Morgan fingerprint density at radius 2 is 2.06 bits per heavy atom. The van der Waals surface area contributed by atoms with Crippen LogP contribution in [0, 0.1) is 6.92 Å². The number of nitrogens with one attached hydrogen (secondary N) is 1. The summed E-state index contributed by atoms with van der Waals surface area (Å²) in [6.07, 6.45) is 2.72. The van der Waals surface area contributed by atoms with Gasteiger partial charge >= 0.3 is 0 Å². The Kier molecular flexibility index (Phi) is 4.12. The van der Waals surface area contributed by atoms with Crippen LogP contribution in [0.2, 0.25) is 0 Å². The smallest absolute Gasteiger partial charge is 0.0614 e. The number of anilines is 2. The van der Waals surface area contributed by atoms with Crippen molar-refractivity contribution in [2.24, 2.45) is 0 Å². The molecule has 0 amide bonds. The van der Waals surface area contributed by atoms with Crippen molar-refractivity contribution < 1.29 is 4.74 Å². The number of ether oxygens (including phenoxy) is 1. The van der Waals surface area contributed by atoms with Gasteiger partial charge < -0.3 is 15.0 Å². The number of benzene rings is 1. The third kappa shape index (κ3) is 2.96. The average molecular weight is 248 g/mol. The zero-order chi connectivity index (χ0) is 13.1. The fourth-order valence-corrected chi connectivity index (χ4v) is 2.36. The Morgan fingerprint density at radius 3 is 2.61 bits per heavy atom. The highest BCUT2D eigenvalue weighted by molar-refractivity contribution is 5.60. The number of rotatable bonds is 5. The van der Waals surface area contributed by atoms with Gasteiger partial charge in [0, 0.05) is 38.1 Å². The topological polar surface area (TPSA) is 24.5 Å². The second-order valence-corrected chi connectivity index (χ2v) is 5.28. The first-order valence-corrected chi connectivity index (χ1v) is 6.76. The Labute approximate surface area is 110 Å². The van der Waals surface area contributed by atoms with Crippen molar-refractivity contribution in [3.63, 3.8) is 0 Å². The lowest BCUT2D eigenvalue weighted by atomic mass is 9.89. The van der Waals surface area contributed by atoms with Gasteiger partial charge in [0.05, 0.1) is 6.10 Å². The van der Waals surface area contributed by atoms with E-state index >= 15 is 0 Å². The molecule has 1 aliphatic carbocycles. The monoisotopic (exact) mass is 248 g/mol. The average Bonchev–Trinajstić information content (AvgIpc) is 2.28. The molecule has 100 valence electrons. The van der Waals surface area contributed by atoms with Gasteiger partial charge in [-0.1, -0.05) is 0 Å². The van der Waals surface area contributed by atoms with Crippen LogP contribution in [0.1, 0.15) is 25.3 Å². The Balaban J connectivity index is 1.91. The Morgan fingerprint density at radius 1 is 1.33 bits per heavy atom. The van der Waals surface area contributed by atoms with Crippen molar-refractivity contribution in [1.82, 2.24) is 0 Å². The Hall–Kier alpha value is -1.22. The fraction of sp³-hybridized carbons (Fsp3) is 0.600. The minimum Gasteiger partial charge on any atom is -0.382 e. The summed E-state index contributed by atoms with van der Waals surface area (Å²) in [5, 5.41) is 3.60. The summed E-state index contributed by atoms with van der Waals surface area (Å²) in [6, 6.07) is 7.14. The first kappa shape index (κ1) is 13.2. The number of hydrogen-bond acceptors (Lipinski definition) is 3. The van der Waals surface area contributed by atoms with E-state index in [2.05, 4.69) is 56.4 Å². The van der Waals surface area contributed by atoms with Gasteiger partial charge in [-0.3, -0.25) is 0 Å². The van der Waals surface area contributed by atoms with Crippen molar-refractivity contribution in [3.05, 3.63) is 23.8 Å². The molecular weight excluding hydrogens is 224 g/mol. The lowest BCUT2D eigenvalue weighted by Crippen LogP contribution is -2.40. The fourth-order valence-electron chi connectivity index (χ4n) is 2.36. The first-order chi connectivity index (χ1) is 8.60. The van der Waals surface area contributed by atoms with Crippen molar-refractivity contribution in [1.29, 1.82) is 0 Å². The second-order valence-electron chi connectivity index (χ2n) is 5.28. The third-order valence-corrected chi connectivity index (χ3v) is 3.58. The molecule has 1 aromatic carbocycles. The lowest BCUT2D eigenvalue weighted by molar-refractivity contribution is 0.00298. The maximum absolute atomic E-state index is 5.58. The van der Waals surface area contributed by atoms with E-state index in [4.69, 9.17) is 4.74 Å². The van der Waals surface area contributed by atoms with E-state index in [1.165, 1.54) is 16.9 Å². The van der Waals surface area contributed by atoms with Crippen LogP contribution >= 0.6 is 0 Å². The molecule has 0 aromatic heterocycles. The highest BCUT2D eigenvalue weighted by Crippen LogP contribution is 2.29. The van der Waals surface area contributed by atoms with Crippen molar-refractivity contribution >= 4 is 11.4 Å². The minimum absolute atomic E-state index is 0.467. The van der Waals surface area contributed by atoms with Crippen LogP contribution in [-0.4, -0.2) is 32.8 Å². The SMILES string of the molecule is CCOC1CC(Nc2ccc(N(C)C)cc2C)C1. The standard InChI is InChI=1S/C15H24N2O/c1-5-18-14-9-12(10-14)16-15-7-6-13(17(3)4)8-11(15)2/h6-8,12,14,16H,5,9-10H2,1-4H3. The summed E-state index contributed by atoms with van der Waals surface area (Å²) in [6.45, 7) is 5.05. The van der Waals surface area contributed by atoms with E-state index in [0.29, 0.717) is 12.1 Å². The van der Waals surface area contributed by atoms with Crippen LogP contribution in [0.25, 0.3) is 0 Å². The maximum Gasteiger partial charge on any atom is 0.0614 e. The molecule has 0 bridgehead atoms. The zero-order valence-corrected chi connectivity index (χ0v) is 11.9. The molecule has 0 spiro atoms. The van der Waals surface area contributed by atoms with E-state index < -0.39 is 0 Å². The van der Waals surface area contributed by atoms with Crippen LogP contribution in [0.3, 0.4) is 0 Å². The summed E-state index contributed by atoms with van der Waals surface area (Å²) < 4.78 is 5.58. The van der Waals surface area contributed by atoms with E-state index in [1.54, 1.807) is 0 Å². The van der Waals surface area contributed by atoms with E-state index in [9.17, 15) is 0 Å². The molecule has 3 nitrogen and oxygen atoms in total. The van der Waals surface area contributed by atoms with Crippen molar-refractivity contribution in [2.45, 2.75) is 38.8 Å². The van der Waals surface area contributed by atoms with Gasteiger partial charge in [-0.2, -0.15) is 0 Å². The molecule has 0 saturated heterocycles. The van der Waals surface area contributed by atoms with Crippen LogP contribution in [0.5, 0.6) is 0 Å². The van der Waals surface area contributed by atoms with Gasteiger partial charge in [-0.25, -0.2) is 0 Å². The van der Waals surface area contributed by atoms with Crippen molar-refractivity contribution in [3.8, 4) is 0 Å². The molecule has 0 radical (unpaired) electrons. The summed E-state index contributed by atoms with van der Waals surface area (Å²) in [5.74, 6) is 0. The molecule has 1 aliphatic rings. The van der Waals surface area contributed by atoms with Crippen LogP contribution in [0.4, 0.5) is 11.4 Å². The summed E-state index contributed by atoms with van der Waals surface area (Å²) in [5.41, 5.74) is 3.81. The molecule has 3 heteroatoms. The van der Waals surface area contributed by atoms with Crippen LogP contribution in [0.15, 0.2) is 18.2 Å². The molecule has 1 N–H and O–H groups in total. The maximum atomic E-state index is 5.58. The van der Waals surface area contributed by atoms with E-state index in [-0.39, 0.29) is 0 Å². The predicted molar refractivity (Wildman–Crippen MR) is 77.6 cm³/mol. The van der Waals surface area contributed by atoms with Gasteiger partial charge in [0.2, 0.25) is 0 Å². The summed E-state index contributed by atoms with van der Waals surface area (Å²) in [7, 11) is 4.14. The number of hydrogen-bond donors (Lipinski definition) is 1. The van der Waals surface area contributed by atoms with Gasteiger partial charge in [-0.05, 0) is 50.5 Å². The molecule has 1 fully saturated rings. The van der Waals surface area contributed by atoms with Crippen LogP contribution in [-0.2, 0) is 4.74 Å². The van der Waals surface area contributed by atoms with Crippen molar-refractivity contribution in [2.75, 3.05) is 30.9 Å². The molecule has 2 rings (SSSR count). The highest BCUT2D eigenvalue weighted by Gasteiger charge is 2.29. The second kappa shape index (κ2) is 5.61. The Bertz CT molecular complexity index is 397.